The van der Waals surface area contributed by atoms with E-state index < -0.39 is 21.6 Å². The van der Waals surface area contributed by atoms with E-state index in [-0.39, 0.29) is 39.1 Å². The first kappa shape index (κ1) is 19.6. The van der Waals surface area contributed by atoms with E-state index >= 15 is 0 Å². The number of carbonyl (C=O) groups is 2. The first-order chi connectivity index (χ1) is 12.0. The molecule has 1 aromatic heterocycles. The highest BCUT2D eigenvalue weighted by atomic mass is 32.2. The average molecular weight is 380 g/mol. The second kappa shape index (κ2) is 6.91. The number of ketones is 1. The molecular formula is C17H20N2O6S. The van der Waals surface area contributed by atoms with Crippen molar-refractivity contribution < 1.29 is 27.9 Å². The molecule has 9 heteroatoms. The number of carbonyl (C=O) groups excluding carboxylic acids is 2. The fourth-order valence-electron chi connectivity index (χ4n) is 2.64. The van der Waals surface area contributed by atoms with Gasteiger partial charge in [-0.05, 0) is 38.5 Å². The van der Waals surface area contributed by atoms with Crippen molar-refractivity contribution in [1.29, 1.82) is 0 Å². The van der Waals surface area contributed by atoms with Crippen LogP contribution < -0.4 is 0 Å². The monoisotopic (exact) mass is 380 g/mol. The second-order valence-electron chi connectivity index (χ2n) is 6.12. The highest BCUT2D eigenvalue weighted by molar-refractivity contribution is 7.90. The third-order valence-electron chi connectivity index (χ3n) is 3.96. The molecule has 0 aliphatic heterocycles. The summed E-state index contributed by atoms with van der Waals surface area (Å²) in [5, 5.41) is 14.2. The highest BCUT2D eigenvalue weighted by Gasteiger charge is 2.28. The molecular weight excluding hydrogens is 360 g/mol. The van der Waals surface area contributed by atoms with Crippen LogP contribution in [0.15, 0.2) is 23.2 Å². The lowest BCUT2D eigenvalue weighted by atomic mass is 9.96. The predicted molar refractivity (Wildman–Crippen MR) is 93.3 cm³/mol. The summed E-state index contributed by atoms with van der Waals surface area (Å²) in [4.78, 5) is 24.7. The maximum Gasteiger partial charge on any atom is 0.339 e. The summed E-state index contributed by atoms with van der Waals surface area (Å²) < 4.78 is 29.9. The van der Waals surface area contributed by atoms with Crippen LogP contribution in [0.1, 0.15) is 51.7 Å². The van der Waals surface area contributed by atoms with E-state index in [4.69, 9.17) is 0 Å². The van der Waals surface area contributed by atoms with Gasteiger partial charge in [-0.15, -0.1) is 0 Å². The Morgan fingerprint density at radius 1 is 1.23 bits per heavy atom. The molecule has 0 aliphatic rings. The zero-order chi connectivity index (χ0) is 19.8. The number of hydrogen-bond acceptors (Lipinski definition) is 7. The van der Waals surface area contributed by atoms with Crippen LogP contribution in [0.4, 0.5) is 0 Å². The van der Waals surface area contributed by atoms with Crippen LogP contribution >= 0.6 is 0 Å². The van der Waals surface area contributed by atoms with Crippen LogP contribution in [0.2, 0.25) is 0 Å². The number of hydrogen-bond donors (Lipinski definition) is 1. The molecule has 0 saturated heterocycles. The Bertz CT molecular complexity index is 989. The molecule has 8 nitrogen and oxygen atoms in total. The second-order valence-corrected chi connectivity index (χ2v) is 8.11. The zero-order valence-corrected chi connectivity index (χ0v) is 15.9. The Kier molecular flexibility index (Phi) is 5.22. The standard InChI is InChI=1S/C17H20N2O6S/c1-9(2)19-16(21)12(8-18-19)15(20)11-6-7-13(26(5,23)24)14(10(11)3)17(22)25-4/h6-9,21H,1-5H3. The number of aromatic nitrogens is 2. The van der Waals surface area contributed by atoms with Crippen LogP contribution in [0.3, 0.4) is 0 Å². The van der Waals surface area contributed by atoms with Gasteiger partial charge in [0.2, 0.25) is 5.88 Å². The molecule has 0 bridgehead atoms. The lowest BCUT2D eigenvalue weighted by Crippen LogP contribution is -2.15. The number of sulfone groups is 1. The summed E-state index contributed by atoms with van der Waals surface area (Å²) in [7, 11) is -2.59. The van der Waals surface area contributed by atoms with Crippen LogP contribution in [-0.2, 0) is 14.6 Å². The Labute approximate surface area is 151 Å². The molecule has 0 aliphatic carbocycles. The van der Waals surface area contributed by atoms with E-state index in [1.807, 2.05) is 0 Å². The number of aromatic hydroxyl groups is 1. The van der Waals surface area contributed by atoms with Gasteiger partial charge in [-0.3, -0.25) is 4.79 Å². The van der Waals surface area contributed by atoms with Crippen molar-refractivity contribution in [2.24, 2.45) is 0 Å². The summed E-state index contributed by atoms with van der Waals surface area (Å²) >= 11 is 0. The Morgan fingerprint density at radius 3 is 2.31 bits per heavy atom. The third kappa shape index (κ3) is 3.34. The molecule has 26 heavy (non-hydrogen) atoms. The highest BCUT2D eigenvalue weighted by Crippen LogP contribution is 2.28. The molecule has 140 valence electrons. The molecule has 1 N–H and O–H groups in total. The lowest BCUT2D eigenvalue weighted by molar-refractivity contribution is 0.0595. The van der Waals surface area contributed by atoms with Gasteiger partial charge in [0.15, 0.2) is 15.6 Å². The molecule has 2 aromatic rings. The van der Waals surface area contributed by atoms with Gasteiger partial charge in [-0.1, -0.05) is 0 Å². The van der Waals surface area contributed by atoms with Gasteiger partial charge in [-0.25, -0.2) is 17.9 Å². The van der Waals surface area contributed by atoms with E-state index in [9.17, 15) is 23.1 Å². The summed E-state index contributed by atoms with van der Waals surface area (Å²) in [6, 6.07) is 2.34. The van der Waals surface area contributed by atoms with E-state index in [1.54, 1.807) is 13.8 Å². The zero-order valence-electron chi connectivity index (χ0n) is 15.1. The minimum absolute atomic E-state index is 0.0373. The normalized spacial score (nSPS) is 11.6. The summed E-state index contributed by atoms with van der Waals surface area (Å²) in [5.41, 5.74) is -0.000749. The maximum atomic E-state index is 12.8. The van der Waals surface area contributed by atoms with Crippen LogP contribution in [0.5, 0.6) is 5.88 Å². The molecule has 0 atom stereocenters. The lowest BCUT2D eigenvalue weighted by Gasteiger charge is -2.13. The number of nitrogens with zero attached hydrogens (tertiary/aromatic N) is 2. The van der Waals surface area contributed by atoms with Gasteiger partial charge >= 0.3 is 5.97 Å². The largest absolute Gasteiger partial charge is 0.493 e. The van der Waals surface area contributed by atoms with Gasteiger partial charge in [0.1, 0.15) is 5.56 Å². The summed E-state index contributed by atoms with van der Waals surface area (Å²) in [5.74, 6) is -1.73. The third-order valence-corrected chi connectivity index (χ3v) is 5.10. The van der Waals surface area contributed by atoms with E-state index in [2.05, 4.69) is 9.84 Å². The molecule has 0 amide bonds. The van der Waals surface area contributed by atoms with E-state index in [0.717, 1.165) is 13.4 Å². The van der Waals surface area contributed by atoms with Gasteiger partial charge in [0.05, 0.1) is 29.8 Å². The van der Waals surface area contributed by atoms with Crippen LogP contribution in [0, 0.1) is 6.92 Å². The average Bonchev–Trinajstić information content (AvgIpc) is 2.94. The van der Waals surface area contributed by atoms with Crippen LogP contribution in [0.25, 0.3) is 0 Å². The molecule has 2 rings (SSSR count). The van der Waals surface area contributed by atoms with Crippen molar-refractivity contribution in [3.05, 3.63) is 40.6 Å². The Hall–Kier alpha value is -2.68. The topological polar surface area (TPSA) is 116 Å². The van der Waals surface area contributed by atoms with Gasteiger partial charge in [0, 0.05) is 11.8 Å². The number of benzene rings is 1. The summed E-state index contributed by atoms with van der Waals surface area (Å²) in [6.07, 6.45) is 2.20. The Morgan fingerprint density at radius 2 is 1.85 bits per heavy atom. The SMILES string of the molecule is COC(=O)c1c(S(C)(=O)=O)ccc(C(=O)c2cnn(C(C)C)c2O)c1C. The minimum atomic E-state index is -3.71. The Balaban J connectivity index is 2.68. The van der Waals surface area contributed by atoms with Crippen molar-refractivity contribution >= 4 is 21.6 Å². The first-order valence-electron chi connectivity index (χ1n) is 7.73. The number of esters is 1. The fraction of sp³-hybridized carbons (Fsp3) is 0.353. The first-order valence-corrected chi connectivity index (χ1v) is 9.63. The van der Waals surface area contributed by atoms with Crippen molar-refractivity contribution in [3.63, 3.8) is 0 Å². The number of rotatable bonds is 5. The van der Waals surface area contributed by atoms with Crippen molar-refractivity contribution in [1.82, 2.24) is 9.78 Å². The fourth-order valence-corrected chi connectivity index (χ4v) is 3.56. The minimum Gasteiger partial charge on any atom is -0.493 e. The van der Waals surface area contributed by atoms with Crippen molar-refractivity contribution in [2.75, 3.05) is 13.4 Å². The smallest absolute Gasteiger partial charge is 0.339 e. The number of methoxy groups -OCH3 is 1. The maximum absolute atomic E-state index is 12.8. The molecule has 0 radical (unpaired) electrons. The van der Waals surface area contributed by atoms with Gasteiger partial charge in [0.25, 0.3) is 0 Å². The number of ether oxygens (including phenoxy) is 1. The van der Waals surface area contributed by atoms with Crippen LogP contribution in [-0.4, -0.2) is 48.4 Å². The summed E-state index contributed by atoms with van der Waals surface area (Å²) in [6.45, 7) is 5.04. The molecule has 0 fully saturated rings. The molecule has 1 heterocycles. The molecule has 1 aromatic carbocycles. The predicted octanol–water partition coefficient (Wildman–Crippen LogP) is 1.90. The van der Waals surface area contributed by atoms with Gasteiger partial charge in [-0.2, -0.15) is 5.10 Å². The van der Waals surface area contributed by atoms with E-state index in [1.165, 1.54) is 29.9 Å². The van der Waals surface area contributed by atoms with Gasteiger partial charge < -0.3 is 9.84 Å². The van der Waals surface area contributed by atoms with Crippen molar-refractivity contribution in [3.8, 4) is 5.88 Å². The van der Waals surface area contributed by atoms with E-state index in [0.29, 0.717) is 0 Å². The molecule has 0 saturated carbocycles. The molecule has 0 unspecified atom stereocenters. The molecule has 0 spiro atoms. The van der Waals surface area contributed by atoms with Crippen molar-refractivity contribution in [2.45, 2.75) is 31.7 Å². The quantitative estimate of drug-likeness (QED) is 0.622.